The third kappa shape index (κ3) is 1.63. The van der Waals surface area contributed by atoms with Gasteiger partial charge < -0.3 is 14.6 Å². The van der Waals surface area contributed by atoms with Crippen LogP contribution >= 0.6 is 0 Å². The average molecular weight is 174 g/mol. The molecule has 1 unspecified atom stereocenters. The van der Waals surface area contributed by atoms with Gasteiger partial charge in [0.15, 0.2) is 5.79 Å². The molecule has 0 saturated heterocycles. The van der Waals surface area contributed by atoms with Gasteiger partial charge in [0, 0.05) is 25.6 Å². The SMILES string of the molecule is CCOC1(OCC)CCC1CO. The van der Waals surface area contributed by atoms with E-state index in [1.54, 1.807) is 0 Å². The Balaban J connectivity index is 2.47. The first-order valence-electron chi connectivity index (χ1n) is 4.67. The van der Waals surface area contributed by atoms with Crippen molar-refractivity contribution in [3.05, 3.63) is 0 Å². The van der Waals surface area contributed by atoms with Gasteiger partial charge in [-0.25, -0.2) is 0 Å². The molecule has 0 aromatic rings. The molecule has 0 amide bonds. The van der Waals surface area contributed by atoms with E-state index in [9.17, 15) is 0 Å². The van der Waals surface area contributed by atoms with E-state index >= 15 is 0 Å². The molecule has 1 aliphatic carbocycles. The van der Waals surface area contributed by atoms with Crippen LogP contribution < -0.4 is 0 Å². The molecule has 0 heterocycles. The molecule has 1 fully saturated rings. The van der Waals surface area contributed by atoms with Crippen LogP contribution in [0.4, 0.5) is 0 Å². The fraction of sp³-hybridized carbons (Fsp3) is 1.00. The molecule has 0 spiro atoms. The molecule has 1 N–H and O–H groups in total. The van der Waals surface area contributed by atoms with Crippen molar-refractivity contribution in [1.29, 1.82) is 0 Å². The zero-order valence-corrected chi connectivity index (χ0v) is 7.88. The van der Waals surface area contributed by atoms with E-state index in [-0.39, 0.29) is 12.5 Å². The topological polar surface area (TPSA) is 38.7 Å². The quantitative estimate of drug-likeness (QED) is 0.636. The molecule has 1 aliphatic rings. The lowest BCUT2D eigenvalue weighted by Gasteiger charge is -2.47. The van der Waals surface area contributed by atoms with E-state index in [1.165, 1.54) is 0 Å². The summed E-state index contributed by atoms with van der Waals surface area (Å²) in [6, 6.07) is 0. The molecule has 0 bridgehead atoms. The Bertz CT molecular complexity index is 128. The molecule has 1 atom stereocenters. The van der Waals surface area contributed by atoms with Gasteiger partial charge in [-0.15, -0.1) is 0 Å². The van der Waals surface area contributed by atoms with Crippen LogP contribution in [-0.4, -0.2) is 30.7 Å². The Labute approximate surface area is 73.7 Å². The van der Waals surface area contributed by atoms with E-state index in [4.69, 9.17) is 14.6 Å². The second-order valence-corrected chi connectivity index (χ2v) is 3.10. The van der Waals surface area contributed by atoms with Gasteiger partial charge in [-0.2, -0.15) is 0 Å². The van der Waals surface area contributed by atoms with Gasteiger partial charge in [-0.05, 0) is 20.3 Å². The number of ether oxygens (including phenoxy) is 2. The second kappa shape index (κ2) is 4.21. The maximum absolute atomic E-state index is 9.01. The predicted octanol–water partition coefficient (Wildman–Crippen LogP) is 1.16. The van der Waals surface area contributed by atoms with Crippen LogP contribution in [-0.2, 0) is 9.47 Å². The monoisotopic (exact) mass is 174 g/mol. The molecule has 72 valence electrons. The highest BCUT2D eigenvalue weighted by Crippen LogP contribution is 2.42. The minimum absolute atomic E-state index is 0.167. The van der Waals surface area contributed by atoms with E-state index in [2.05, 4.69) is 0 Å². The van der Waals surface area contributed by atoms with Crippen molar-refractivity contribution in [2.45, 2.75) is 32.5 Å². The minimum atomic E-state index is -0.460. The summed E-state index contributed by atoms with van der Waals surface area (Å²) < 4.78 is 11.1. The number of rotatable bonds is 5. The van der Waals surface area contributed by atoms with E-state index in [0.717, 1.165) is 12.8 Å². The minimum Gasteiger partial charge on any atom is -0.396 e. The van der Waals surface area contributed by atoms with Crippen molar-refractivity contribution in [3.8, 4) is 0 Å². The third-order valence-electron chi connectivity index (χ3n) is 2.46. The molecule has 12 heavy (non-hydrogen) atoms. The first-order valence-corrected chi connectivity index (χ1v) is 4.67. The van der Waals surface area contributed by atoms with E-state index < -0.39 is 5.79 Å². The van der Waals surface area contributed by atoms with Gasteiger partial charge in [-0.3, -0.25) is 0 Å². The summed E-state index contributed by atoms with van der Waals surface area (Å²) in [5.74, 6) is -0.282. The summed E-state index contributed by atoms with van der Waals surface area (Å²) in [5, 5.41) is 9.01. The van der Waals surface area contributed by atoms with Crippen molar-refractivity contribution in [1.82, 2.24) is 0 Å². The van der Waals surface area contributed by atoms with Gasteiger partial charge >= 0.3 is 0 Å². The van der Waals surface area contributed by atoms with Crippen molar-refractivity contribution in [2.24, 2.45) is 5.92 Å². The summed E-state index contributed by atoms with van der Waals surface area (Å²) in [6.45, 7) is 5.37. The van der Waals surface area contributed by atoms with Gasteiger partial charge in [0.25, 0.3) is 0 Å². The molecular weight excluding hydrogens is 156 g/mol. The number of hydrogen-bond acceptors (Lipinski definition) is 3. The lowest BCUT2D eigenvalue weighted by Crippen LogP contribution is -2.53. The molecule has 0 aliphatic heterocycles. The fourth-order valence-corrected chi connectivity index (χ4v) is 1.72. The summed E-state index contributed by atoms with van der Waals surface area (Å²) in [7, 11) is 0. The van der Waals surface area contributed by atoms with Crippen LogP contribution in [0.5, 0.6) is 0 Å². The summed E-state index contributed by atoms with van der Waals surface area (Å²) in [6.07, 6.45) is 1.93. The zero-order valence-electron chi connectivity index (χ0n) is 7.88. The molecule has 3 heteroatoms. The Hall–Kier alpha value is -0.120. The maximum Gasteiger partial charge on any atom is 0.173 e. The summed E-state index contributed by atoms with van der Waals surface area (Å²) in [4.78, 5) is 0. The Morgan fingerprint density at radius 1 is 1.33 bits per heavy atom. The van der Waals surface area contributed by atoms with Crippen molar-refractivity contribution >= 4 is 0 Å². The normalized spacial score (nSPS) is 26.8. The van der Waals surface area contributed by atoms with Crippen molar-refractivity contribution < 1.29 is 14.6 Å². The number of hydrogen-bond donors (Lipinski definition) is 1. The lowest BCUT2D eigenvalue weighted by atomic mass is 9.78. The highest BCUT2D eigenvalue weighted by Gasteiger charge is 2.48. The van der Waals surface area contributed by atoms with Crippen LogP contribution in [0.1, 0.15) is 26.7 Å². The average Bonchev–Trinajstić information content (AvgIpc) is 2.03. The van der Waals surface area contributed by atoms with Gasteiger partial charge in [0.1, 0.15) is 0 Å². The first-order chi connectivity index (χ1) is 5.79. The first kappa shape index (κ1) is 9.96. The van der Waals surface area contributed by atoms with Crippen LogP contribution in [0.25, 0.3) is 0 Å². The van der Waals surface area contributed by atoms with Gasteiger partial charge in [0.2, 0.25) is 0 Å². The molecule has 1 rings (SSSR count). The standard InChI is InChI=1S/C9H18O3/c1-3-11-9(12-4-2)6-5-8(9)7-10/h8,10H,3-7H2,1-2H3. The fourth-order valence-electron chi connectivity index (χ4n) is 1.72. The van der Waals surface area contributed by atoms with Crippen LogP contribution in [0.15, 0.2) is 0 Å². The maximum atomic E-state index is 9.01. The Kier molecular flexibility index (Phi) is 3.50. The van der Waals surface area contributed by atoms with Crippen molar-refractivity contribution in [2.75, 3.05) is 19.8 Å². The van der Waals surface area contributed by atoms with Crippen LogP contribution in [0, 0.1) is 5.92 Å². The molecule has 1 saturated carbocycles. The highest BCUT2D eigenvalue weighted by atomic mass is 16.7. The van der Waals surface area contributed by atoms with Gasteiger partial charge in [0.05, 0.1) is 6.61 Å². The van der Waals surface area contributed by atoms with Crippen LogP contribution in [0.3, 0.4) is 0 Å². The largest absolute Gasteiger partial charge is 0.396 e. The molecule has 0 aromatic carbocycles. The Morgan fingerprint density at radius 3 is 2.17 bits per heavy atom. The molecule has 0 aromatic heterocycles. The van der Waals surface area contributed by atoms with Crippen molar-refractivity contribution in [3.63, 3.8) is 0 Å². The second-order valence-electron chi connectivity index (χ2n) is 3.10. The van der Waals surface area contributed by atoms with E-state index in [0.29, 0.717) is 13.2 Å². The van der Waals surface area contributed by atoms with Crippen LogP contribution in [0.2, 0.25) is 0 Å². The predicted molar refractivity (Wildman–Crippen MR) is 45.8 cm³/mol. The summed E-state index contributed by atoms with van der Waals surface area (Å²) >= 11 is 0. The third-order valence-corrected chi connectivity index (χ3v) is 2.46. The molecular formula is C9H18O3. The van der Waals surface area contributed by atoms with Gasteiger partial charge in [-0.1, -0.05) is 0 Å². The Morgan fingerprint density at radius 2 is 1.92 bits per heavy atom. The van der Waals surface area contributed by atoms with E-state index in [1.807, 2.05) is 13.8 Å². The zero-order chi connectivity index (χ0) is 9.03. The summed E-state index contributed by atoms with van der Waals surface area (Å²) in [5.41, 5.74) is 0. The smallest absolute Gasteiger partial charge is 0.173 e. The number of aliphatic hydroxyl groups excluding tert-OH is 1. The highest BCUT2D eigenvalue weighted by molar-refractivity contribution is 4.90. The number of aliphatic hydroxyl groups is 1. The molecule has 3 nitrogen and oxygen atoms in total. The lowest BCUT2D eigenvalue weighted by molar-refractivity contribution is -0.312. The molecule has 0 radical (unpaired) electrons.